The zero-order chi connectivity index (χ0) is 22.8. The normalized spacial score (nSPS) is 14.1. The second kappa shape index (κ2) is 8.94. The third-order valence-corrected chi connectivity index (χ3v) is 6.13. The van der Waals surface area contributed by atoms with Crippen LogP contribution in [0.2, 0.25) is 0 Å². The van der Waals surface area contributed by atoms with E-state index >= 15 is 0 Å². The molecule has 1 aromatic carbocycles. The quantitative estimate of drug-likeness (QED) is 0.412. The summed E-state index contributed by atoms with van der Waals surface area (Å²) in [5.74, 6) is 1.13. The molecule has 1 atom stereocenters. The first-order valence-corrected chi connectivity index (χ1v) is 11.4. The number of nitrogens with zero attached hydrogens (tertiary/aromatic N) is 5. The number of amides is 1. The molecular weight excluding hydrogens is 412 g/mol. The summed E-state index contributed by atoms with van der Waals surface area (Å²) < 4.78 is 2.05. The maximum atomic E-state index is 12.9. The van der Waals surface area contributed by atoms with Gasteiger partial charge in [-0.15, -0.1) is 10.2 Å². The number of carbonyl (C=O) groups excluding carboxylic acids is 1. The molecule has 0 spiro atoms. The molecule has 7 nitrogen and oxygen atoms in total. The van der Waals surface area contributed by atoms with E-state index in [1.54, 1.807) is 18.6 Å². The van der Waals surface area contributed by atoms with Gasteiger partial charge in [0.15, 0.2) is 5.82 Å². The van der Waals surface area contributed by atoms with Crippen molar-refractivity contribution in [2.45, 2.75) is 45.1 Å². The number of benzene rings is 1. The number of anilines is 1. The van der Waals surface area contributed by atoms with E-state index < -0.39 is 0 Å². The third kappa shape index (κ3) is 4.53. The second-order valence-corrected chi connectivity index (χ2v) is 8.53. The minimum absolute atomic E-state index is 0.264. The average molecular weight is 439 g/mol. The molecular formula is C26H26N6O. The monoisotopic (exact) mass is 438 g/mol. The Morgan fingerprint density at radius 2 is 1.97 bits per heavy atom. The molecule has 7 heteroatoms. The highest BCUT2D eigenvalue weighted by molar-refractivity contribution is 6.03. The summed E-state index contributed by atoms with van der Waals surface area (Å²) in [7, 11) is 0. The van der Waals surface area contributed by atoms with Gasteiger partial charge in [-0.1, -0.05) is 25.1 Å². The van der Waals surface area contributed by atoms with Gasteiger partial charge in [-0.05, 0) is 62.1 Å². The van der Waals surface area contributed by atoms with Gasteiger partial charge in [0.1, 0.15) is 12.0 Å². The molecule has 3 aromatic heterocycles. The van der Waals surface area contributed by atoms with Crippen molar-refractivity contribution in [2.24, 2.45) is 0 Å². The Hall–Kier alpha value is -3.87. The van der Waals surface area contributed by atoms with E-state index in [1.807, 2.05) is 36.5 Å². The molecule has 5 rings (SSSR count). The topological polar surface area (TPSA) is 85.6 Å². The SMILES string of the molecule is CC[C@H](C)n1cnnc1-c1cccc(NC(=O)c2cc(-c3ccc(C4CC4)nc3)ccn2)c1. The summed E-state index contributed by atoms with van der Waals surface area (Å²) in [5.41, 5.74) is 4.97. The Morgan fingerprint density at radius 3 is 2.73 bits per heavy atom. The lowest BCUT2D eigenvalue weighted by molar-refractivity contribution is 0.102. The number of pyridine rings is 2. The number of rotatable bonds is 7. The summed E-state index contributed by atoms with van der Waals surface area (Å²) >= 11 is 0. The predicted molar refractivity (Wildman–Crippen MR) is 128 cm³/mol. The standard InChI is InChI=1S/C26H26N6O/c1-3-17(2)32-16-29-31-25(32)20-5-4-6-22(13-20)30-26(33)24-14-19(11-12-27-24)21-9-10-23(28-15-21)18-7-8-18/h4-6,9-18H,3,7-8H2,1-2H3,(H,30,33)/t17-/m0/s1. The van der Waals surface area contributed by atoms with Gasteiger partial charge in [0.25, 0.3) is 5.91 Å². The highest BCUT2D eigenvalue weighted by Crippen LogP contribution is 2.39. The van der Waals surface area contributed by atoms with Gasteiger partial charge < -0.3 is 9.88 Å². The maximum Gasteiger partial charge on any atom is 0.274 e. The number of hydrogen-bond donors (Lipinski definition) is 1. The minimum Gasteiger partial charge on any atom is -0.321 e. The van der Waals surface area contributed by atoms with Crippen molar-refractivity contribution in [3.63, 3.8) is 0 Å². The van der Waals surface area contributed by atoms with Gasteiger partial charge in [-0.25, -0.2) is 0 Å². The number of hydrogen-bond acceptors (Lipinski definition) is 5. The molecule has 33 heavy (non-hydrogen) atoms. The maximum absolute atomic E-state index is 12.9. The zero-order valence-corrected chi connectivity index (χ0v) is 18.8. The Balaban J connectivity index is 1.34. The van der Waals surface area contributed by atoms with Crippen LogP contribution in [-0.4, -0.2) is 30.6 Å². The van der Waals surface area contributed by atoms with Crippen LogP contribution in [0.5, 0.6) is 0 Å². The molecule has 3 heterocycles. The molecule has 1 saturated carbocycles. The van der Waals surface area contributed by atoms with E-state index in [0.717, 1.165) is 34.6 Å². The Kier molecular flexibility index (Phi) is 5.69. The second-order valence-electron chi connectivity index (χ2n) is 8.53. The lowest BCUT2D eigenvalue weighted by Crippen LogP contribution is -2.13. The molecule has 1 fully saturated rings. The molecule has 1 aliphatic rings. The van der Waals surface area contributed by atoms with Gasteiger partial charge in [0, 0.05) is 46.9 Å². The lowest BCUT2D eigenvalue weighted by atomic mass is 10.1. The Bertz CT molecular complexity index is 1280. The van der Waals surface area contributed by atoms with Crippen LogP contribution in [0.1, 0.15) is 61.3 Å². The first kappa shape index (κ1) is 21.0. The molecule has 166 valence electrons. The van der Waals surface area contributed by atoms with E-state index in [9.17, 15) is 4.79 Å². The van der Waals surface area contributed by atoms with Gasteiger partial charge in [0.2, 0.25) is 0 Å². The van der Waals surface area contributed by atoms with Crippen molar-refractivity contribution >= 4 is 11.6 Å². The summed E-state index contributed by atoms with van der Waals surface area (Å²) in [6, 6.07) is 15.8. The van der Waals surface area contributed by atoms with Crippen LogP contribution in [0.25, 0.3) is 22.5 Å². The van der Waals surface area contributed by atoms with Crippen molar-refractivity contribution < 1.29 is 4.79 Å². The summed E-state index contributed by atoms with van der Waals surface area (Å²) in [4.78, 5) is 21.8. The first-order chi connectivity index (χ1) is 16.1. The van der Waals surface area contributed by atoms with Crippen LogP contribution in [-0.2, 0) is 0 Å². The van der Waals surface area contributed by atoms with Crippen LogP contribution >= 0.6 is 0 Å². The van der Waals surface area contributed by atoms with Crippen LogP contribution in [0, 0.1) is 0 Å². The Morgan fingerprint density at radius 1 is 1.09 bits per heavy atom. The van der Waals surface area contributed by atoms with E-state index in [1.165, 1.54) is 12.8 Å². The highest BCUT2D eigenvalue weighted by Gasteiger charge is 2.24. The molecule has 1 N–H and O–H groups in total. The van der Waals surface area contributed by atoms with E-state index in [2.05, 4.69) is 56.0 Å². The molecule has 0 radical (unpaired) electrons. The van der Waals surface area contributed by atoms with E-state index in [4.69, 9.17) is 0 Å². The molecule has 0 aliphatic heterocycles. The fraction of sp³-hybridized carbons (Fsp3) is 0.269. The third-order valence-electron chi connectivity index (χ3n) is 6.13. The zero-order valence-electron chi connectivity index (χ0n) is 18.8. The molecule has 1 aliphatic carbocycles. The molecule has 0 bridgehead atoms. The van der Waals surface area contributed by atoms with Gasteiger partial charge in [0.05, 0.1) is 0 Å². The summed E-state index contributed by atoms with van der Waals surface area (Å²) in [6.07, 6.45) is 8.70. The molecule has 0 unspecified atom stereocenters. The van der Waals surface area contributed by atoms with E-state index in [-0.39, 0.29) is 11.9 Å². The van der Waals surface area contributed by atoms with Gasteiger partial charge in [-0.2, -0.15) is 0 Å². The van der Waals surface area contributed by atoms with Crippen LogP contribution in [0.3, 0.4) is 0 Å². The number of nitrogens with one attached hydrogen (secondary N) is 1. The van der Waals surface area contributed by atoms with E-state index in [0.29, 0.717) is 17.3 Å². The minimum atomic E-state index is -0.264. The number of aromatic nitrogens is 5. The van der Waals surface area contributed by atoms with Gasteiger partial charge >= 0.3 is 0 Å². The summed E-state index contributed by atoms with van der Waals surface area (Å²) in [6.45, 7) is 4.26. The van der Waals surface area contributed by atoms with Crippen molar-refractivity contribution in [3.8, 4) is 22.5 Å². The Labute approximate surface area is 192 Å². The van der Waals surface area contributed by atoms with Crippen molar-refractivity contribution in [3.05, 3.63) is 78.6 Å². The van der Waals surface area contributed by atoms with Crippen molar-refractivity contribution in [1.82, 2.24) is 24.7 Å². The van der Waals surface area contributed by atoms with Crippen LogP contribution < -0.4 is 5.32 Å². The molecule has 0 saturated heterocycles. The van der Waals surface area contributed by atoms with Crippen LogP contribution in [0.4, 0.5) is 5.69 Å². The average Bonchev–Trinajstić information content (AvgIpc) is 3.60. The molecule has 4 aromatic rings. The fourth-order valence-electron chi connectivity index (χ4n) is 3.83. The fourth-order valence-corrected chi connectivity index (χ4v) is 3.83. The number of carbonyl (C=O) groups is 1. The lowest BCUT2D eigenvalue weighted by Gasteiger charge is -2.13. The smallest absolute Gasteiger partial charge is 0.274 e. The van der Waals surface area contributed by atoms with Crippen molar-refractivity contribution in [2.75, 3.05) is 5.32 Å². The largest absolute Gasteiger partial charge is 0.321 e. The molecule has 1 amide bonds. The van der Waals surface area contributed by atoms with Crippen LogP contribution in [0.15, 0.2) is 67.3 Å². The van der Waals surface area contributed by atoms with Gasteiger partial charge in [-0.3, -0.25) is 14.8 Å². The first-order valence-electron chi connectivity index (χ1n) is 11.4. The van der Waals surface area contributed by atoms with Crippen molar-refractivity contribution in [1.29, 1.82) is 0 Å². The highest BCUT2D eigenvalue weighted by atomic mass is 16.1. The summed E-state index contributed by atoms with van der Waals surface area (Å²) in [5, 5.41) is 11.3. The predicted octanol–water partition coefficient (Wildman–Crippen LogP) is 5.50.